The maximum atomic E-state index is 12.7. The minimum Gasteiger partial charge on any atom is -0.355 e. The fraction of sp³-hybridized carbons (Fsp3) is 0.400. The van der Waals surface area contributed by atoms with Crippen LogP contribution in [-0.2, 0) is 24.4 Å². The van der Waals surface area contributed by atoms with Crippen molar-refractivity contribution in [3.05, 3.63) is 41.7 Å². The lowest BCUT2D eigenvalue weighted by molar-refractivity contribution is -0.147. The van der Waals surface area contributed by atoms with Gasteiger partial charge in [0.05, 0.1) is 5.25 Å². The van der Waals surface area contributed by atoms with Crippen LogP contribution in [0.3, 0.4) is 0 Å². The van der Waals surface area contributed by atoms with E-state index in [4.69, 9.17) is 0 Å². The average molecular weight is 358 g/mol. The van der Waals surface area contributed by atoms with E-state index in [9.17, 15) is 18.0 Å². The molecular formula is C15H17F3N4OS. The Morgan fingerprint density at radius 1 is 1.29 bits per heavy atom. The number of alkyl halides is 3. The molecule has 2 aromatic rings. The minimum absolute atomic E-state index is 0.0491. The van der Waals surface area contributed by atoms with Gasteiger partial charge >= 0.3 is 6.18 Å². The molecule has 9 heteroatoms. The van der Waals surface area contributed by atoms with Crippen LogP contribution in [-0.4, -0.2) is 32.5 Å². The Hall–Kier alpha value is -2.03. The lowest BCUT2D eigenvalue weighted by atomic mass is 10.1. The van der Waals surface area contributed by atoms with E-state index in [1.54, 1.807) is 6.92 Å². The van der Waals surface area contributed by atoms with Gasteiger partial charge in [0, 0.05) is 13.6 Å². The van der Waals surface area contributed by atoms with Crippen LogP contribution in [0.2, 0.25) is 0 Å². The predicted molar refractivity (Wildman–Crippen MR) is 84.5 cm³/mol. The summed E-state index contributed by atoms with van der Waals surface area (Å²) in [6, 6.07) is 9.67. The summed E-state index contributed by atoms with van der Waals surface area (Å²) < 4.78 is 38.9. The molecule has 0 unspecified atom stereocenters. The second-order valence-electron chi connectivity index (χ2n) is 5.15. The monoisotopic (exact) mass is 358 g/mol. The molecule has 5 nitrogen and oxygen atoms in total. The first-order valence-electron chi connectivity index (χ1n) is 7.24. The molecule has 1 atom stereocenters. The van der Waals surface area contributed by atoms with E-state index in [1.165, 1.54) is 7.05 Å². The number of nitrogens with zero attached hydrogens (tertiary/aromatic N) is 3. The van der Waals surface area contributed by atoms with E-state index in [0.29, 0.717) is 13.0 Å². The van der Waals surface area contributed by atoms with Gasteiger partial charge in [-0.05, 0) is 18.9 Å². The van der Waals surface area contributed by atoms with Crippen molar-refractivity contribution >= 4 is 17.7 Å². The Morgan fingerprint density at radius 3 is 2.54 bits per heavy atom. The van der Waals surface area contributed by atoms with Gasteiger partial charge in [0.25, 0.3) is 0 Å². The molecule has 1 heterocycles. The van der Waals surface area contributed by atoms with E-state index >= 15 is 0 Å². The Balaban J connectivity index is 1.87. The molecule has 2 rings (SSSR count). The predicted octanol–water partition coefficient (Wildman–Crippen LogP) is 2.67. The quantitative estimate of drug-likeness (QED) is 0.807. The minimum atomic E-state index is -4.57. The zero-order chi connectivity index (χ0) is 17.7. The maximum absolute atomic E-state index is 12.7. The molecule has 0 saturated carbocycles. The third-order valence-electron chi connectivity index (χ3n) is 3.30. The van der Waals surface area contributed by atoms with Gasteiger partial charge in [-0.3, -0.25) is 4.79 Å². The summed E-state index contributed by atoms with van der Waals surface area (Å²) in [5.41, 5.74) is 1.10. The second kappa shape index (κ2) is 7.69. The van der Waals surface area contributed by atoms with Crippen LogP contribution in [0.4, 0.5) is 13.2 Å². The van der Waals surface area contributed by atoms with Crippen molar-refractivity contribution in [2.75, 3.05) is 6.54 Å². The number of aromatic nitrogens is 3. The molecule has 0 aliphatic rings. The van der Waals surface area contributed by atoms with E-state index in [-0.39, 0.29) is 11.1 Å². The highest BCUT2D eigenvalue weighted by Crippen LogP contribution is 2.30. The van der Waals surface area contributed by atoms with Crippen LogP contribution in [0.15, 0.2) is 35.5 Å². The molecular weight excluding hydrogens is 341 g/mol. The molecule has 1 amide bonds. The molecule has 0 fully saturated rings. The van der Waals surface area contributed by atoms with Gasteiger partial charge in [0.2, 0.25) is 11.7 Å². The first kappa shape index (κ1) is 18.3. The molecule has 130 valence electrons. The van der Waals surface area contributed by atoms with Crippen LogP contribution in [0, 0.1) is 0 Å². The van der Waals surface area contributed by atoms with Gasteiger partial charge in [-0.2, -0.15) is 13.2 Å². The number of nitrogens with one attached hydrogen (secondary N) is 1. The molecule has 0 aliphatic carbocycles. The number of hydrogen-bond acceptors (Lipinski definition) is 4. The third kappa shape index (κ3) is 4.73. The summed E-state index contributed by atoms with van der Waals surface area (Å²) in [7, 11) is 1.23. The topological polar surface area (TPSA) is 59.8 Å². The van der Waals surface area contributed by atoms with Crippen LogP contribution in [0.25, 0.3) is 0 Å². The lowest BCUT2D eigenvalue weighted by Crippen LogP contribution is -2.32. The average Bonchev–Trinajstić information content (AvgIpc) is 2.89. The zero-order valence-electron chi connectivity index (χ0n) is 13.2. The van der Waals surface area contributed by atoms with Gasteiger partial charge in [-0.15, -0.1) is 10.2 Å². The number of amides is 1. The third-order valence-corrected chi connectivity index (χ3v) is 4.43. The smallest absolute Gasteiger partial charge is 0.355 e. The first-order valence-corrected chi connectivity index (χ1v) is 8.12. The molecule has 0 aliphatic heterocycles. The Labute approximate surface area is 141 Å². The van der Waals surface area contributed by atoms with Crippen LogP contribution < -0.4 is 5.32 Å². The van der Waals surface area contributed by atoms with Crippen molar-refractivity contribution in [3.63, 3.8) is 0 Å². The van der Waals surface area contributed by atoms with E-state index in [0.717, 1.165) is 21.9 Å². The lowest BCUT2D eigenvalue weighted by Gasteiger charge is -2.12. The molecule has 0 saturated heterocycles. The number of carbonyl (C=O) groups excluding carboxylic acids is 1. The van der Waals surface area contributed by atoms with E-state index in [2.05, 4.69) is 15.5 Å². The maximum Gasteiger partial charge on any atom is 0.451 e. The second-order valence-corrected chi connectivity index (χ2v) is 6.46. The largest absolute Gasteiger partial charge is 0.451 e. The van der Waals surface area contributed by atoms with Gasteiger partial charge < -0.3 is 9.88 Å². The van der Waals surface area contributed by atoms with Crippen molar-refractivity contribution in [2.45, 2.75) is 29.9 Å². The standard InChI is InChI=1S/C15H17F3N4OS/c1-10(12(23)19-9-8-11-6-4-3-5-7-11)24-14-21-20-13(22(14)2)15(16,17)18/h3-7,10H,8-9H2,1-2H3,(H,19,23)/t10-/m1/s1. The number of carbonyl (C=O) groups is 1. The summed E-state index contributed by atoms with van der Waals surface area (Å²) in [4.78, 5) is 12.0. The number of rotatable bonds is 6. The normalized spacial score (nSPS) is 12.9. The number of benzene rings is 1. The number of thioether (sulfide) groups is 1. The summed E-state index contributed by atoms with van der Waals surface area (Å²) in [6.45, 7) is 2.07. The molecule has 24 heavy (non-hydrogen) atoms. The molecule has 0 spiro atoms. The highest BCUT2D eigenvalue weighted by atomic mass is 32.2. The molecule has 1 aromatic carbocycles. The van der Waals surface area contributed by atoms with Crippen LogP contribution in [0.5, 0.6) is 0 Å². The molecule has 1 N–H and O–H groups in total. The Morgan fingerprint density at radius 2 is 1.96 bits per heavy atom. The summed E-state index contributed by atoms with van der Waals surface area (Å²) >= 11 is 0.939. The van der Waals surface area contributed by atoms with E-state index in [1.807, 2.05) is 30.3 Å². The highest BCUT2D eigenvalue weighted by molar-refractivity contribution is 8.00. The van der Waals surface area contributed by atoms with Gasteiger partial charge in [-0.1, -0.05) is 42.1 Å². The van der Waals surface area contributed by atoms with Crippen molar-refractivity contribution in [1.82, 2.24) is 20.1 Å². The van der Waals surface area contributed by atoms with Gasteiger partial charge in [-0.25, -0.2) is 0 Å². The molecule has 0 radical (unpaired) electrons. The van der Waals surface area contributed by atoms with Crippen LogP contribution >= 0.6 is 11.8 Å². The zero-order valence-corrected chi connectivity index (χ0v) is 14.0. The van der Waals surface area contributed by atoms with E-state index < -0.39 is 17.3 Å². The first-order chi connectivity index (χ1) is 11.3. The summed E-state index contributed by atoms with van der Waals surface area (Å²) in [5, 5.41) is 8.88. The van der Waals surface area contributed by atoms with Gasteiger partial charge in [0.1, 0.15) is 0 Å². The fourth-order valence-electron chi connectivity index (χ4n) is 1.99. The molecule has 1 aromatic heterocycles. The van der Waals surface area contributed by atoms with Crippen molar-refractivity contribution in [2.24, 2.45) is 7.05 Å². The van der Waals surface area contributed by atoms with Crippen molar-refractivity contribution in [3.8, 4) is 0 Å². The number of hydrogen-bond donors (Lipinski definition) is 1. The van der Waals surface area contributed by atoms with Gasteiger partial charge in [0.15, 0.2) is 5.16 Å². The summed E-state index contributed by atoms with van der Waals surface area (Å²) in [6.07, 6.45) is -3.88. The number of halogens is 3. The molecule has 0 bridgehead atoms. The SMILES string of the molecule is C[C@@H](Sc1nnc(C(F)(F)F)n1C)C(=O)NCCc1ccccc1. The summed E-state index contributed by atoms with van der Waals surface area (Å²) in [5.74, 6) is -1.34. The Kier molecular flexibility index (Phi) is 5.87. The highest BCUT2D eigenvalue weighted by Gasteiger charge is 2.37. The Bertz CT molecular complexity index is 688. The fourth-order valence-corrected chi connectivity index (χ4v) is 2.83. The van der Waals surface area contributed by atoms with Crippen LogP contribution in [0.1, 0.15) is 18.3 Å². The van der Waals surface area contributed by atoms with Crippen molar-refractivity contribution in [1.29, 1.82) is 0 Å². The van der Waals surface area contributed by atoms with Crippen molar-refractivity contribution < 1.29 is 18.0 Å².